The summed E-state index contributed by atoms with van der Waals surface area (Å²) in [6.07, 6.45) is 0. The first-order valence-electron chi connectivity index (χ1n) is 6.80. The molecule has 0 spiro atoms. The molecule has 0 fully saturated rings. The van der Waals surface area contributed by atoms with Gasteiger partial charge in [-0.25, -0.2) is 0 Å². The van der Waals surface area contributed by atoms with Gasteiger partial charge in [0.05, 0.1) is 0 Å². The standard InChI is InChI=1S/C18H16N2O/c1-12-16(7-4-8-17(12)19)18(21)20-15-10-9-13-5-2-3-6-14(13)11-15/h2-11H,19H2,1H3,(H,20,21). The van der Waals surface area contributed by atoms with Crippen molar-refractivity contribution < 1.29 is 4.79 Å². The third-order valence-corrected chi connectivity index (χ3v) is 3.63. The minimum absolute atomic E-state index is 0.143. The Labute approximate surface area is 123 Å². The highest BCUT2D eigenvalue weighted by Gasteiger charge is 2.10. The van der Waals surface area contributed by atoms with Crippen LogP contribution in [0.15, 0.2) is 60.7 Å². The maximum atomic E-state index is 12.4. The van der Waals surface area contributed by atoms with Gasteiger partial charge in [0.1, 0.15) is 0 Å². The fourth-order valence-electron chi connectivity index (χ4n) is 2.36. The number of hydrogen-bond donors (Lipinski definition) is 2. The van der Waals surface area contributed by atoms with Gasteiger partial charge in [0.25, 0.3) is 5.91 Å². The lowest BCUT2D eigenvalue weighted by molar-refractivity contribution is 0.102. The molecule has 21 heavy (non-hydrogen) atoms. The van der Waals surface area contributed by atoms with Crippen LogP contribution in [0, 0.1) is 6.92 Å². The predicted octanol–water partition coefficient (Wildman–Crippen LogP) is 3.98. The van der Waals surface area contributed by atoms with Gasteiger partial charge in [-0.1, -0.05) is 36.4 Å². The number of amides is 1. The molecule has 0 unspecified atom stereocenters. The Morgan fingerprint density at radius 1 is 0.952 bits per heavy atom. The molecule has 3 rings (SSSR count). The molecule has 0 aliphatic heterocycles. The van der Waals surface area contributed by atoms with E-state index in [1.165, 1.54) is 0 Å². The zero-order chi connectivity index (χ0) is 14.8. The van der Waals surface area contributed by atoms with Crippen molar-refractivity contribution in [1.29, 1.82) is 0 Å². The summed E-state index contributed by atoms with van der Waals surface area (Å²) in [7, 11) is 0. The van der Waals surface area contributed by atoms with Gasteiger partial charge in [0.15, 0.2) is 0 Å². The highest BCUT2D eigenvalue weighted by Crippen LogP contribution is 2.21. The van der Waals surface area contributed by atoms with Crippen molar-refractivity contribution in [3.05, 3.63) is 71.8 Å². The quantitative estimate of drug-likeness (QED) is 0.695. The van der Waals surface area contributed by atoms with Gasteiger partial charge >= 0.3 is 0 Å². The second-order valence-electron chi connectivity index (χ2n) is 5.04. The van der Waals surface area contributed by atoms with E-state index >= 15 is 0 Å². The van der Waals surface area contributed by atoms with Crippen molar-refractivity contribution in [2.24, 2.45) is 0 Å². The Hall–Kier alpha value is -2.81. The smallest absolute Gasteiger partial charge is 0.256 e. The normalized spacial score (nSPS) is 10.5. The topological polar surface area (TPSA) is 55.1 Å². The number of anilines is 2. The monoisotopic (exact) mass is 276 g/mol. The van der Waals surface area contributed by atoms with Crippen LogP contribution in [0.4, 0.5) is 11.4 Å². The van der Waals surface area contributed by atoms with Crippen molar-refractivity contribution >= 4 is 28.1 Å². The second-order valence-corrected chi connectivity index (χ2v) is 5.04. The van der Waals surface area contributed by atoms with E-state index in [2.05, 4.69) is 5.32 Å². The number of carbonyl (C=O) groups is 1. The Bertz CT molecular complexity index is 824. The molecule has 3 nitrogen and oxygen atoms in total. The average Bonchev–Trinajstić information content (AvgIpc) is 2.50. The molecule has 0 aromatic heterocycles. The highest BCUT2D eigenvalue weighted by atomic mass is 16.1. The van der Waals surface area contributed by atoms with Crippen molar-refractivity contribution in [1.82, 2.24) is 0 Å². The first kappa shape index (κ1) is 13.2. The Morgan fingerprint density at radius 2 is 1.71 bits per heavy atom. The van der Waals surface area contributed by atoms with E-state index in [0.717, 1.165) is 22.0 Å². The predicted molar refractivity (Wildman–Crippen MR) is 87.5 cm³/mol. The Morgan fingerprint density at radius 3 is 2.52 bits per heavy atom. The lowest BCUT2D eigenvalue weighted by atomic mass is 10.1. The number of nitrogens with one attached hydrogen (secondary N) is 1. The van der Waals surface area contributed by atoms with Crippen molar-refractivity contribution in [3.8, 4) is 0 Å². The zero-order valence-electron chi connectivity index (χ0n) is 11.8. The molecule has 0 bridgehead atoms. The second kappa shape index (κ2) is 5.29. The number of carbonyl (C=O) groups excluding carboxylic acids is 1. The van der Waals surface area contributed by atoms with Crippen molar-refractivity contribution in [2.45, 2.75) is 6.92 Å². The molecule has 0 saturated carbocycles. The van der Waals surface area contributed by atoms with Crippen molar-refractivity contribution in [3.63, 3.8) is 0 Å². The summed E-state index contributed by atoms with van der Waals surface area (Å²) in [5.41, 5.74) is 8.65. The number of fused-ring (bicyclic) bond motifs is 1. The fraction of sp³-hybridized carbons (Fsp3) is 0.0556. The first-order valence-corrected chi connectivity index (χ1v) is 6.80. The van der Waals surface area contributed by atoms with Crippen LogP contribution in [0.2, 0.25) is 0 Å². The van der Waals surface area contributed by atoms with Crippen molar-refractivity contribution in [2.75, 3.05) is 11.1 Å². The van der Waals surface area contributed by atoms with E-state index in [-0.39, 0.29) is 5.91 Å². The van der Waals surface area contributed by atoms with E-state index < -0.39 is 0 Å². The minimum Gasteiger partial charge on any atom is -0.398 e. The highest BCUT2D eigenvalue weighted by molar-refractivity contribution is 6.06. The summed E-state index contributed by atoms with van der Waals surface area (Å²) >= 11 is 0. The zero-order valence-corrected chi connectivity index (χ0v) is 11.8. The third kappa shape index (κ3) is 2.58. The summed E-state index contributed by atoms with van der Waals surface area (Å²) in [5, 5.41) is 5.17. The van der Waals surface area contributed by atoms with Crippen LogP contribution in [0.5, 0.6) is 0 Å². The fourth-order valence-corrected chi connectivity index (χ4v) is 2.36. The summed E-state index contributed by atoms with van der Waals surface area (Å²) in [5.74, 6) is -0.143. The Kier molecular flexibility index (Phi) is 3.32. The van der Waals surface area contributed by atoms with Crippen LogP contribution in [-0.2, 0) is 0 Å². The number of nitrogens with two attached hydrogens (primary N) is 1. The number of nitrogen functional groups attached to an aromatic ring is 1. The molecule has 0 atom stereocenters. The van der Waals surface area contributed by atoms with Gasteiger partial charge in [0.2, 0.25) is 0 Å². The molecule has 0 aliphatic rings. The van der Waals surface area contributed by atoms with Crippen LogP contribution in [-0.4, -0.2) is 5.91 Å². The lowest BCUT2D eigenvalue weighted by Gasteiger charge is -2.10. The summed E-state index contributed by atoms with van der Waals surface area (Å²) in [4.78, 5) is 12.4. The summed E-state index contributed by atoms with van der Waals surface area (Å²) < 4.78 is 0. The molecule has 104 valence electrons. The van der Waals surface area contributed by atoms with Gasteiger partial charge in [0, 0.05) is 16.9 Å². The van der Waals surface area contributed by atoms with Gasteiger partial charge in [-0.3, -0.25) is 4.79 Å². The number of benzene rings is 3. The van der Waals surface area contributed by atoms with Gasteiger partial charge in [-0.2, -0.15) is 0 Å². The molecule has 0 saturated heterocycles. The van der Waals surface area contributed by atoms with Crippen LogP contribution in [0.1, 0.15) is 15.9 Å². The van der Waals surface area contributed by atoms with Crippen LogP contribution >= 0.6 is 0 Å². The van der Waals surface area contributed by atoms with E-state index in [1.54, 1.807) is 18.2 Å². The molecule has 0 radical (unpaired) electrons. The largest absolute Gasteiger partial charge is 0.398 e. The molecular weight excluding hydrogens is 260 g/mol. The molecule has 3 aromatic carbocycles. The third-order valence-electron chi connectivity index (χ3n) is 3.63. The molecule has 1 amide bonds. The van der Waals surface area contributed by atoms with E-state index in [0.29, 0.717) is 11.3 Å². The van der Waals surface area contributed by atoms with E-state index in [9.17, 15) is 4.79 Å². The summed E-state index contributed by atoms with van der Waals surface area (Å²) in [6.45, 7) is 1.85. The average molecular weight is 276 g/mol. The number of rotatable bonds is 2. The van der Waals surface area contributed by atoms with Gasteiger partial charge in [-0.15, -0.1) is 0 Å². The molecule has 3 aromatic rings. The molecule has 3 heteroatoms. The minimum atomic E-state index is -0.143. The molecule has 0 heterocycles. The molecule has 0 aliphatic carbocycles. The van der Waals surface area contributed by atoms with E-state index in [1.807, 2.05) is 49.4 Å². The van der Waals surface area contributed by atoms with Gasteiger partial charge in [-0.05, 0) is 47.5 Å². The lowest BCUT2D eigenvalue weighted by Crippen LogP contribution is -2.14. The molecular formula is C18H16N2O. The van der Waals surface area contributed by atoms with E-state index in [4.69, 9.17) is 5.73 Å². The van der Waals surface area contributed by atoms with Crippen LogP contribution in [0.3, 0.4) is 0 Å². The molecule has 3 N–H and O–H groups in total. The first-order chi connectivity index (χ1) is 10.1. The maximum absolute atomic E-state index is 12.4. The van der Waals surface area contributed by atoms with Gasteiger partial charge < -0.3 is 11.1 Å². The summed E-state index contributed by atoms with van der Waals surface area (Å²) in [6, 6.07) is 19.3. The SMILES string of the molecule is Cc1c(N)cccc1C(=O)Nc1ccc2ccccc2c1. The van der Waals surface area contributed by atoms with Crippen LogP contribution < -0.4 is 11.1 Å². The Balaban J connectivity index is 1.91. The van der Waals surface area contributed by atoms with Crippen LogP contribution in [0.25, 0.3) is 10.8 Å². The maximum Gasteiger partial charge on any atom is 0.256 e. The number of hydrogen-bond acceptors (Lipinski definition) is 2.